The number of carbonyl (C=O) groups excluding carboxylic acids is 1. The van der Waals surface area contributed by atoms with Crippen LogP contribution in [0, 0.1) is 0 Å². The fourth-order valence-electron chi connectivity index (χ4n) is 1.46. The number of anilines is 1. The molecule has 0 aromatic carbocycles. The van der Waals surface area contributed by atoms with E-state index in [9.17, 15) is 4.79 Å². The molecule has 20 heavy (non-hydrogen) atoms. The molecule has 0 aliphatic carbocycles. The molecule has 4 radical (unpaired) electrons. The molecule has 2 rings (SSSR count). The first-order chi connectivity index (χ1) is 9.60. The van der Waals surface area contributed by atoms with E-state index in [0.717, 1.165) is 0 Å². The fraction of sp³-hybridized carbons (Fsp3) is 0.167. The van der Waals surface area contributed by atoms with Crippen LogP contribution in [0.3, 0.4) is 0 Å². The van der Waals surface area contributed by atoms with Crippen LogP contribution < -0.4 is 21.2 Å². The molecule has 2 aromatic heterocycles. The van der Waals surface area contributed by atoms with Gasteiger partial charge in [0.05, 0.1) is 6.61 Å². The van der Waals surface area contributed by atoms with Crippen LogP contribution in [0.25, 0.3) is 0 Å². The topological polar surface area (TPSA) is 77.0 Å². The zero-order valence-electron chi connectivity index (χ0n) is 10.8. The Labute approximate surface area is 118 Å². The summed E-state index contributed by atoms with van der Waals surface area (Å²) in [5.74, 6) is 0.0432. The van der Waals surface area contributed by atoms with Gasteiger partial charge in [-0.3, -0.25) is 9.78 Å². The standard InChI is InChI=1S/C12H10B2N4O2/c1-2-20-9-5-3-4-7(16-9)12(19)18-11-10(14)17-8(13)6-15-11/h3-6H,2H2,1H3,(H,15,18,19). The number of hydrogen-bond donors (Lipinski definition) is 1. The molecule has 0 spiro atoms. The summed E-state index contributed by atoms with van der Waals surface area (Å²) in [5, 5.41) is 2.51. The maximum Gasteiger partial charge on any atom is 0.275 e. The highest BCUT2D eigenvalue weighted by atomic mass is 16.5. The predicted octanol–water partition coefficient (Wildman–Crippen LogP) is -0.890. The summed E-state index contributed by atoms with van der Waals surface area (Å²) >= 11 is 0. The van der Waals surface area contributed by atoms with Gasteiger partial charge >= 0.3 is 0 Å². The van der Waals surface area contributed by atoms with Gasteiger partial charge in [0.2, 0.25) is 5.88 Å². The smallest absolute Gasteiger partial charge is 0.275 e. The van der Waals surface area contributed by atoms with Crippen molar-refractivity contribution in [2.24, 2.45) is 0 Å². The molecule has 6 nitrogen and oxygen atoms in total. The van der Waals surface area contributed by atoms with Gasteiger partial charge in [-0.2, -0.15) is 0 Å². The van der Waals surface area contributed by atoms with Crippen LogP contribution in [0.1, 0.15) is 17.4 Å². The molecule has 0 saturated carbocycles. The van der Waals surface area contributed by atoms with E-state index in [1.807, 2.05) is 6.92 Å². The monoisotopic (exact) mass is 264 g/mol. The van der Waals surface area contributed by atoms with Gasteiger partial charge in [-0.25, -0.2) is 9.97 Å². The van der Waals surface area contributed by atoms with Crippen molar-refractivity contribution in [3.63, 3.8) is 0 Å². The minimum atomic E-state index is -0.461. The lowest BCUT2D eigenvalue weighted by atomic mass is 10.0. The zero-order chi connectivity index (χ0) is 14.5. The summed E-state index contributed by atoms with van der Waals surface area (Å²) in [6.45, 7) is 2.30. The van der Waals surface area contributed by atoms with Crippen LogP contribution in [0.4, 0.5) is 5.82 Å². The van der Waals surface area contributed by atoms with Gasteiger partial charge < -0.3 is 10.1 Å². The van der Waals surface area contributed by atoms with Crippen molar-refractivity contribution in [3.8, 4) is 5.88 Å². The molecule has 0 fully saturated rings. The number of hydrogen-bond acceptors (Lipinski definition) is 5. The highest BCUT2D eigenvalue weighted by Crippen LogP contribution is 2.08. The molecule has 1 amide bonds. The third kappa shape index (κ3) is 3.34. The lowest BCUT2D eigenvalue weighted by Gasteiger charge is -2.08. The number of nitrogens with zero attached hydrogens (tertiary/aromatic N) is 3. The average molecular weight is 264 g/mol. The van der Waals surface area contributed by atoms with Crippen LogP contribution in [-0.4, -0.2) is 43.2 Å². The molecule has 0 unspecified atom stereocenters. The lowest BCUT2D eigenvalue weighted by molar-refractivity contribution is 0.102. The van der Waals surface area contributed by atoms with E-state index in [-0.39, 0.29) is 22.7 Å². The molecular weight excluding hydrogens is 254 g/mol. The number of aromatic nitrogens is 3. The molecule has 96 valence electrons. The Morgan fingerprint density at radius 2 is 2.15 bits per heavy atom. The van der Waals surface area contributed by atoms with Crippen molar-refractivity contribution in [3.05, 3.63) is 30.1 Å². The van der Waals surface area contributed by atoms with Crippen molar-refractivity contribution in [1.29, 1.82) is 0 Å². The normalized spacial score (nSPS) is 10.1. The molecule has 0 aliphatic rings. The lowest BCUT2D eigenvalue weighted by Crippen LogP contribution is -2.28. The number of nitrogens with one attached hydrogen (secondary N) is 1. The first kappa shape index (κ1) is 14.0. The van der Waals surface area contributed by atoms with E-state index < -0.39 is 5.91 Å². The summed E-state index contributed by atoms with van der Waals surface area (Å²) < 4.78 is 5.23. The van der Waals surface area contributed by atoms with Crippen molar-refractivity contribution in [1.82, 2.24) is 15.0 Å². The number of pyridine rings is 1. The Kier molecular flexibility index (Phi) is 4.34. The van der Waals surface area contributed by atoms with E-state index in [0.29, 0.717) is 12.5 Å². The quantitative estimate of drug-likeness (QED) is 0.725. The molecule has 2 heterocycles. The maximum absolute atomic E-state index is 12.0. The number of carbonyl (C=O) groups is 1. The van der Waals surface area contributed by atoms with Gasteiger partial charge in [0.1, 0.15) is 27.2 Å². The summed E-state index contributed by atoms with van der Waals surface area (Å²) in [6, 6.07) is 4.89. The fourth-order valence-corrected chi connectivity index (χ4v) is 1.46. The summed E-state index contributed by atoms with van der Waals surface area (Å²) in [7, 11) is 11.0. The highest BCUT2D eigenvalue weighted by molar-refractivity contribution is 6.37. The Bertz CT molecular complexity index is 637. The van der Waals surface area contributed by atoms with Gasteiger partial charge in [-0.1, -0.05) is 6.07 Å². The summed E-state index contributed by atoms with van der Waals surface area (Å²) in [4.78, 5) is 23.8. The van der Waals surface area contributed by atoms with Crippen molar-refractivity contribution in [2.45, 2.75) is 6.92 Å². The summed E-state index contributed by atoms with van der Waals surface area (Å²) in [5.41, 5.74) is 0.408. The number of ether oxygens (including phenoxy) is 1. The average Bonchev–Trinajstić information content (AvgIpc) is 2.42. The van der Waals surface area contributed by atoms with Gasteiger partial charge in [-0.15, -0.1) is 0 Å². The zero-order valence-corrected chi connectivity index (χ0v) is 10.8. The van der Waals surface area contributed by atoms with Crippen molar-refractivity contribution in [2.75, 3.05) is 11.9 Å². The first-order valence-corrected chi connectivity index (χ1v) is 5.89. The molecule has 2 aromatic rings. The second-order valence-electron chi connectivity index (χ2n) is 3.78. The van der Waals surface area contributed by atoms with Gasteiger partial charge in [0.25, 0.3) is 5.91 Å². The van der Waals surface area contributed by atoms with Crippen molar-refractivity contribution < 1.29 is 9.53 Å². The highest BCUT2D eigenvalue weighted by Gasteiger charge is 2.11. The molecular formula is C12H10B2N4O2. The van der Waals surface area contributed by atoms with Crippen LogP contribution in [-0.2, 0) is 0 Å². The first-order valence-electron chi connectivity index (χ1n) is 5.89. The Morgan fingerprint density at radius 1 is 1.35 bits per heavy atom. The van der Waals surface area contributed by atoms with E-state index in [4.69, 9.17) is 20.4 Å². The third-order valence-electron chi connectivity index (χ3n) is 2.30. The van der Waals surface area contributed by atoms with E-state index in [1.54, 1.807) is 18.2 Å². The Hall–Kier alpha value is -2.37. The predicted molar refractivity (Wildman–Crippen MR) is 76.2 cm³/mol. The number of rotatable bonds is 4. The van der Waals surface area contributed by atoms with Gasteiger partial charge in [-0.05, 0) is 13.0 Å². The number of amides is 1. The van der Waals surface area contributed by atoms with E-state index in [1.165, 1.54) is 6.20 Å². The Morgan fingerprint density at radius 3 is 2.85 bits per heavy atom. The van der Waals surface area contributed by atoms with Crippen LogP contribution in [0.5, 0.6) is 5.88 Å². The van der Waals surface area contributed by atoms with Crippen LogP contribution >= 0.6 is 0 Å². The van der Waals surface area contributed by atoms with Gasteiger partial charge in [0, 0.05) is 23.4 Å². The van der Waals surface area contributed by atoms with Crippen LogP contribution in [0.15, 0.2) is 24.4 Å². The largest absolute Gasteiger partial charge is 0.478 e. The molecule has 0 bridgehead atoms. The minimum absolute atomic E-state index is 0.0410. The summed E-state index contributed by atoms with van der Waals surface area (Å²) in [6.07, 6.45) is 1.30. The second-order valence-corrected chi connectivity index (χ2v) is 3.78. The van der Waals surface area contributed by atoms with Crippen molar-refractivity contribution >= 4 is 38.6 Å². The molecule has 1 N–H and O–H groups in total. The second kappa shape index (κ2) is 6.18. The maximum atomic E-state index is 12.0. The third-order valence-corrected chi connectivity index (χ3v) is 2.30. The molecule has 0 aliphatic heterocycles. The SMILES string of the molecule is [B]c1cnc(NC(=O)c2cccc(OCC)n2)c([B])n1. The minimum Gasteiger partial charge on any atom is -0.478 e. The van der Waals surface area contributed by atoms with Crippen LogP contribution in [0.2, 0.25) is 0 Å². The molecule has 0 saturated heterocycles. The van der Waals surface area contributed by atoms with E-state index in [2.05, 4.69) is 20.3 Å². The van der Waals surface area contributed by atoms with Gasteiger partial charge in [0.15, 0.2) is 0 Å². The van der Waals surface area contributed by atoms with E-state index >= 15 is 0 Å². The molecule has 8 heteroatoms. The Balaban J connectivity index is 2.17. The molecule has 0 atom stereocenters.